The molecule has 1 N–H and O–H groups in total. The van der Waals surface area contributed by atoms with E-state index in [9.17, 15) is 13.2 Å². The minimum atomic E-state index is -3.98. The zero-order valence-corrected chi connectivity index (χ0v) is 17.6. The fourth-order valence-corrected chi connectivity index (χ4v) is 4.88. The van der Waals surface area contributed by atoms with Gasteiger partial charge in [0.2, 0.25) is 6.79 Å². The van der Waals surface area contributed by atoms with Gasteiger partial charge in [0, 0.05) is 6.07 Å². The molecule has 1 aliphatic carbocycles. The molecule has 8 nitrogen and oxygen atoms in total. The van der Waals surface area contributed by atoms with Crippen LogP contribution < -0.4 is 18.9 Å². The Balaban J connectivity index is 1.46. The molecular formula is C22H20N3O5S+. The van der Waals surface area contributed by atoms with Gasteiger partial charge in [0.05, 0.1) is 11.6 Å². The minimum Gasteiger partial charge on any atom is -0.454 e. The summed E-state index contributed by atoms with van der Waals surface area (Å²) in [5, 5.41) is 6.78. The first-order valence-electron chi connectivity index (χ1n) is 9.81. The van der Waals surface area contributed by atoms with Crippen LogP contribution in [0.3, 0.4) is 0 Å². The molecule has 2 aromatic carbocycles. The monoisotopic (exact) mass is 438 g/mol. The molecule has 0 atom stereocenters. The Hall–Kier alpha value is -3.46. The van der Waals surface area contributed by atoms with Crippen LogP contribution in [-0.2, 0) is 20.2 Å². The van der Waals surface area contributed by atoms with Crippen molar-refractivity contribution in [3.63, 3.8) is 0 Å². The fraction of sp³-hybridized carbons (Fsp3) is 0.227. The third-order valence-electron chi connectivity index (χ3n) is 5.62. The largest absolute Gasteiger partial charge is 0.454 e. The topological polar surface area (TPSA) is 98.5 Å². The third-order valence-corrected chi connectivity index (χ3v) is 7.23. The van der Waals surface area contributed by atoms with Crippen LogP contribution in [0.25, 0.3) is 0 Å². The number of hydrogen-bond acceptors (Lipinski definition) is 6. The molecule has 0 unspecified atom stereocenters. The summed E-state index contributed by atoms with van der Waals surface area (Å²) in [5.74, 6) is 1.05. The summed E-state index contributed by atoms with van der Waals surface area (Å²) in [4.78, 5) is 13.3. The van der Waals surface area contributed by atoms with Gasteiger partial charge in [-0.15, -0.1) is 0 Å². The lowest BCUT2D eigenvalue weighted by Gasteiger charge is -2.13. The normalized spacial score (nSPS) is 16.0. The number of anilines is 1. The quantitative estimate of drug-likeness (QED) is 0.614. The molecule has 0 radical (unpaired) electrons. The maximum atomic E-state index is 13.2. The Morgan fingerprint density at radius 2 is 1.81 bits per heavy atom. The predicted octanol–water partition coefficient (Wildman–Crippen LogP) is 2.31. The highest BCUT2D eigenvalue weighted by Gasteiger charge is 2.54. The lowest BCUT2D eigenvalue weighted by Crippen LogP contribution is -2.49. The molecule has 9 heteroatoms. The van der Waals surface area contributed by atoms with Gasteiger partial charge in [-0.3, -0.25) is 0 Å². The minimum absolute atomic E-state index is 0.0834. The number of aromatic nitrogens is 2. The lowest BCUT2D eigenvalue weighted by molar-refractivity contribution is -0.565. The number of benzene rings is 2. The molecule has 2 aliphatic rings. The number of nitrogens with zero attached hydrogens (tertiary/aromatic N) is 2. The SMILES string of the molecule is Cc1ccc(S(=O)(=O)[n+]2ncccc2NC(=O)C2(c3ccc4c(c3)OCO4)CC2)cc1. The molecule has 1 aliphatic heterocycles. The van der Waals surface area contributed by atoms with Crippen molar-refractivity contribution in [2.45, 2.75) is 30.1 Å². The van der Waals surface area contributed by atoms with Gasteiger partial charge in [-0.25, -0.2) is 10.1 Å². The first-order valence-corrected chi connectivity index (χ1v) is 11.3. The highest BCUT2D eigenvalue weighted by molar-refractivity contribution is 7.85. The van der Waals surface area contributed by atoms with Crippen LogP contribution in [0.1, 0.15) is 24.0 Å². The van der Waals surface area contributed by atoms with Gasteiger partial charge in [-0.2, -0.15) is 8.42 Å². The van der Waals surface area contributed by atoms with E-state index in [4.69, 9.17) is 9.47 Å². The Labute approximate surface area is 179 Å². The fourth-order valence-electron chi connectivity index (χ4n) is 3.65. The van der Waals surface area contributed by atoms with Gasteiger partial charge in [0.1, 0.15) is 4.90 Å². The molecule has 3 aromatic rings. The highest BCUT2D eigenvalue weighted by atomic mass is 32.2. The van der Waals surface area contributed by atoms with E-state index in [-0.39, 0.29) is 23.4 Å². The van der Waals surface area contributed by atoms with Gasteiger partial charge in [-0.1, -0.05) is 28.9 Å². The van der Waals surface area contributed by atoms with Crippen molar-refractivity contribution >= 4 is 21.7 Å². The molecule has 1 saturated carbocycles. The zero-order chi connectivity index (χ0) is 21.6. The van der Waals surface area contributed by atoms with Crippen molar-refractivity contribution in [3.05, 3.63) is 71.9 Å². The van der Waals surface area contributed by atoms with Crippen molar-refractivity contribution in [3.8, 4) is 11.5 Å². The van der Waals surface area contributed by atoms with E-state index in [1.165, 1.54) is 24.4 Å². The number of aryl methyl sites for hydroxylation is 1. The summed E-state index contributed by atoms with van der Waals surface area (Å²) in [6.45, 7) is 2.03. The standard InChI is InChI=1S/C22H19N3O5S/c1-15-4-7-17(8-5-15)31(27,28)25-20(3-2-12-23-25)24-21(26)22(10-11-22)16-6-9-18-19(13-16)30-14-29-18/h2-9,12-13H,10-11,14H2,1H3/p+1. The van der Waals surface area contributed by atoms with Gasteiger partial charge in [0.15, 0.2) is 11.5 Å². The van der Waals surface area contributed by atoms with Crippen molar-refractivity contribution in [1.29, 1.82) is 0 Å². The van der Waals surface area contributed by atoms with Crippen molar-refractivity contribution in [2.24, 2.45) is 0 Å². The van der Waals surface area contributed by atoms with E-state index in [0.29, 0.717) is 24.3 Å². The van der Waals surface area contributed by atoms with E-state index in [1.807, 2.05) is 19.1 Å². The maximum absolute atomic E-state index is 13.2. The smallest absolute Gasteiger partial charge is 0.354 e. The summed E-state index contributed by atoms with van der Waals surface area (Å²) in [6, 6.07) is 15.0. The van der Waals surface area contributed by atoms with Crippen LogP contribution in [0, 0.1) is 6.92 Å². The van der Waals surface area contributed by atoms with E-state index >= 15 is 0 Å². The van der Waals surface area contributed by atoms with E-state index in [1.54, 1.807) is 24.3 Å². The van der Waals surface area contributed by atoms with Crippen LogP contribution in [0.5, 0.6) is 11.5 Å². The summed E-state index contributed by atoms with van der Waals surface area (Å²) in [5.41, 5.74) is 1.02. The van der Waals surface area contributed by atoms with E-state index in [2.05, 4.69) is 10.4 Å². The molecule has 2 heterocycles. The number of rotatable bonds is 5. The third kappa shape index (κ3) is 3.31. The average Bonchev–Trinajstić information content (AvgIpc) is 3.45. The number of fused-ring (bicyclic) bond motifs is 1. The Morgan fingerprint density at radius 3 is 2.55 bits per heavy atom. The van der Waals surface area contributed by atoms with Gasteiger partial charge in [-0.05, 0) is 59.7 Å². The molecule has 5 rings (SSSR count). The van der Waals surface area contributed by atoms with E-state index < -0.39 is 15.4 Å². The van der Waals surface area contributed by atoms with Gasteiger partial charge < -0.3 is 9.47 Å². The lowest BCUT2D eigenvalue weighted by atomic mass is 9.94. The number of amides is 1. The molecule has 0 spiro atoms. The average molecular weight is 438 g/mol. The second-order valence-corrected chi connectivity index (χ2v) is 9.44. The molecule has 31 heavy (non-hydrogen) atoms. The van der Waals surface area contributed by atoms with Crippen molar-refractivity contribution in [2.75, 3.05) is 12.1 Å². The van der Waals surface area contributed by atoms with Crippen LogP contribution >= 0.6 is 0 Å². The summed E-state index contributed by atoms with van der Waals surface area (Å²) < 4.78 is 37.9. The number of ether oxygens (including phenoxy) is 2. The number of hydrogen-bond donors (Lipinski definition) is 1. The summed E-state index contributed by atoms with van der Waals surface area (Å²) >= 11 is 0. The Kier molecular flexibility index (Phi) is 4.44. The Morgan fingerprint density at radius 1 is 1.06 bits per heavy atom. The van der Waals surface area contributed by atoms with Crippen LogP contribution in [-0.4, -0.2) is 26.2 Å². The predicted molar refractivity (Wildman–Crippen MR) is 110 cm³/mol. The Bertz CT molecular complexity index is 1280. The molecule has 1 aromatic heterocycles. The van der Waals surface area contributed by atoms with Gasteiger partial charge in [0.25, 0.3) is 0 Å². The first-order chi connectivity index (χ1) is 14.9. The first kappa shape index (κ1) is 19.5. The molecule has 1 fully saturated rings. The van der Waals surface area contributed by atoms with Gasteiger partial charge >= 0.3 is 21.7 Å². The summed E-state index contributed by atoms with van der Waals surface area (Å²) in [6.07, 6.45) is 2.68. The molecule has 1 amide bonds. The molecule has 0 bridgehead atoms. The number of carbonyl (C=O) groups is 1. The number of nitrogens with one attached hydrogen (secondary N) is 1. The van der Waals surface area contributed by atoms with E-state index in [0.717, 1.165) is 15.2 Å². The second-order valence-electron chi connectivity index (χ2n) is 7.67. The summed E-state index contributed by atoms with van der Waals surface area (Å²) in [7, 11) is -3.98. The van der Waals surface area contributed by atoms with Crippen LogP contribution in [0.15, 0.2) is 65.7 Å². The maximum Gasteiger partial charge on any atom is 0.354 e. The number of carbonyl (C=O) groups excluding carboxylic acids is 1. The second kappa shape index (κ2) is 7.05. The van der Waals surface area contributed by atoms with Crippen molar-refractivity contribution < 1.29 is 26.8 Å². The zero-order valence-electron chi connectivity index (χ0n) is 16.7. The molecule has 158 valence electrons. The van der Waals surface area contributed by atoms with Crippen molar-refractivity contribution in [1.82, 2.24) is 5.10 Å². The molecular weight excluding hydrogens is 418 g/mol. The van der Waals surface area contributed by atoms with Crippen LogP contribution in [0.2, 0.25) is 0 Å². The molecule has 0 saturated heterocycles. The highest BCUT2D eigenvalue weighted by Crippen LogP contribution is 2.51. The van der Waals surface area contributed by atoms with Crippen LogP contribution in [0.4, 0.5) is 5.82 Å².